The fourth-order valence-corrected chi connectivity index (χ4v) is 1.63. The first kappa shape index (κ1) is 9.92. The second-order valence-corrected chi connectivity index (χ2v) is 3.70. The van der Waals surface area contributed by atoms with E-state index in [1.54, 1.807) is 6.07 Å². The van der Waals surface area contributed by atoms with Crippen molar-refractivity contribution >= 4 is 25.0 Å². The Morgan fingerprint density at radius 3 is 2.42 bits per heavy atom. The highest BCUT2D eigenvalue weighted by Crippen LogP contribution is 2.33. The first-order valence-electron chi connectivity index (χ1n) is 3.00. The van der Waals surface area contributed by atoms with E-state index in [-0.39, 0.29) is 0 Å². The van der Waals surface area contributed by atoms with Crippen LogP contribution in [-0.4, -0.2) is 0 Å². The van der Waals surface area contributed by atoms with E-state index in [9.17, 15) is 13.2 Å². The number of rotatable bonds is 1. The van der Waals surface area contributed by atoms with Gasteiger partial charge in [-0.3, -0.25) is 0 Å². The van der Waals surface area contributed by atoms with E-state index in [1.165, 1.54) is 6.07 Å². The first-order valence-corrected chi connectivity index (χ1v) is 5.66. The molecular formula is C7H4BrF3S. The van der Waals surface area contributed by atoms with Crippen LogP contribution >= 0.6 is 25.0 Å². The standard InChI is InChI=1S/C7H4BrF3S/c8-12-6-3-1-2-5(4-6)7(9,10)11/h1-4H. The molecule has 0 radical (unpaired) electrons. The van der Waals surface area contributed by atoms with E-state index in [4.69, 9.17) is 0 Å². The molecule has 0 aliphatic rings. The highest BCUT2D eigenvalue weighted by atomic mass is 79.9. The maximum atomic E-state index is 12.1. The molecular weight excluding hydrogens is 253 g/mol. The third kappa shape index (κ3) is 2.42. The minimum absolute atomic E-state index is 0.546. The lowest BCUT2D eigenvalue weighted by molar-refractivity contribution is -0.137. The summed E-state index contributed by atoms with van der Waals surface area (Å²) in [7, 11) is 1.11. The number of halogens is 4. The van der Waals surface area contributed by atoms with Crippen molar-refractivity contribution in [1.82, 2.24) is 0 Å². The van der Waals surface area contributed by atoms with Crippen LogP contribution in [0.3, 0.4) is 0 Å². The van der Waals surface area contributed by atoms with Crippen LogP contribution in [-0.2, 0) is 6.18 Å². The molecule has 1 aromatic carbocycles. The summed E-state index contributed by atoms with van der Waals surface area (Å²) in [6.07, 6.45) is -4.25. The maximum Gasteiger partial charge on any atom is 0.416 e. The lowest BCUT2D eigenvalue weighted by atomic mass is 10.2. The second kappa shape index (κ2) is 3.70. The quantitative estimate of drug-likeness (QED) is 0.729. The molecule has 0 aliphatic heterocycles. The fraction of sp³-hybridized carbons (Fsp3) is 0.143. The third-order valence-electron chi connectivity index (χ3n) is 1.25. The molecule has 0 unspecified atom stereocenters. The van der Waals surface area contributed by atoms with Crippen molar-refractivity contribution in [2.45, 2.75) is 11.1 Å². The molecule has 0 fully saturated rings. The van der Waals surface area contributed by atoms with Gasteiger partial charge in [-0.05, 0) is 43.2 Å². The molecule has 66 valence electrons. The number of benzene rings is 1. The monoisotopic (exact) mass is 256 g/mol. The number of hydrogen-bond donors (Lipinski definition) is 0. The van der Waals surface area contributed by atoms with Gasteiger partial charge in [-0.25, -0.2) is 0 Å². The summed E-state index contributed by atoms with van der Waals surface area (Å²) in [5.74, 6) is 0. The molecule has 0 atom stereocenters. The molecule has 5 heteroatoms. The number of alkyl halides is 3. The van der Waals surface area contributed by atoms with E-state index in [0.29, 0.717) is 4.90 Å². The van der Waals surface area contributed by atoms with Gasteiger partial charge in [-0.1, -0.05) is 6.07 Å². The molecule has 0 bridgehead atoms. The Balaban J connectivity index is 3.02. The lowest BCUT2D eigenvalue weighted by Gasteiger charge is -2.06. The average Bonchev–Trinajstić information content (AvgIpc) is 2.03. The van der Waals surface area contributed by atoms with Gasteiger partial charge in [-0.2, -0.15) is 13.2 Å². The van der Waals surface area contributed by atoms with Crippen molar-refractivity contribution < 1.29 is 13.2 Å². The topological polar surface area (TPSA) is 0 Å². The minimum atomic E-state index is -4.25. The van der Waals surface area contributed by atoms with Gasteiger partial charge < -0.3 is 0 Å². The SMILES string of the molecule is FC(F)(F)c1cccc(SBr)c1. The van der Waals surface area contributed by atoms with Gasteiger partial charge in [0.2, 0.25) is 0 Å². The minimum Gasteiger partial charge on any atom is -0.166 e. The van der Waals surface area contributed by atoms with Crippen LogP contribution in [0.1, 0.15) is 5.56 Å². The van der Waals surface area contributed by atoms with E-state index in [0.717, 1.165) is 22.3 Å². The summed E-state index contributed by atoms with van der Waals surface area (Å²) in [6.45, 7) is 0. The van der Waals surface area contributed by atoms with E-state index >= 15 is 0 Å². The van der Waals surface area contributed by atoms with E-state index < -0.39 is 11.7 Å². The molecule has 0 saturated heterocycles. The van der Waals surface area contributed by atoms with Gasteiger partial charge in [-0.15, -0.1) is 0 Å². The highest BCUT2D eigenvalue weighted by molar-refractivity contribution is 9.50. The predicted molar refractivity (Wildman–Crippen MR) is 46.2 cm³/mol. The maximum absolute atomic E-state index is 12.1. The molecule has 12 heavy (non-hydrogen) atoms. The average molecular weight is 257 g/mol. The normalized spacial score (nSPS) is 11.7. The van der Waals surface area contributed by atoms with Gasteiger partial charge in [0.1, 0.15) is 0 Å². The Labute approximate surface area is 79.4 Å². The Hall–Kier alpha value is -0.160. The lowest BCUT2D eigenvalue weighted by Crippen LogP contribution is -2.04. The molecule has 0 aromatic heterocycles. The summed E-state index contributed by atoms with van der Waals surface area (Å²) in [5.41, 5.74) is -0.619. The van der Waals surface area contributed by atoms with Crippen LogP contribution in [0.5, 0.6) is 0 Å². The van der Waals surface area contributed by atoms with Crippen LogP contribution in [0.15, 0.2) is 29.2 Å². The molecule has 0 aliphatic carbocycles. The van der Waals surface area contributed by atoms with Gasteiger partial charge in [0.25, 0.3) is 0 Å². The first-order chi connectivity index (χ1) is 5.54. The largest absolute Gasteiger partial charge is 0.416 e. The van der Waals surface area contributed by atoms with Crippen molar-refractivity contribution in [3.05, 3.63) is 29.8 Å². The smallest absolute Gasteiger partial charge is 0.166 e. The van der Waals surface area contributed by atoms with Crippen LogP contribution in [0, 0.1) is 0 Å². The Bertz CT molecular complexity index is 272. The van der Waals surface area contributed by atoms with Crippen molar-refractivity contribution in [3.63, 3.8) is 0 Å². The van der Waals surface area contributed by atoms with Gasteiger partial charge in [0.15, 0.2) is 0 Å². The van der Waals surface area contributed by atoms with Crippen molar-refractivity contribution in [1.29, 1.82) is 0 Å². The summed E-state index contributed by atoms with van der Waals surface area (Å²) in [5, 5.41) is 0. The van der Waals surface area contributed by atoms with Crippen LogP contribution in [0.4, 0.5) is 13.2 Å². The predicted octanol–water partition coefficient (Wildman–Crippen LogP) is 4.11. The number of hydrogen-bond acceptors (Lipinski definition) is 1. The summed E-state index contributed by atoms with van der Waals surface area (Å²) in [4.78, 5) is 0.546. The zero-order valence-corrected chi connectivity index (χ0v) is 8.13. The van der Waals surface area contributed by atoms with Gasteiger partial charge >= 0.3 is 6.18 Å². The van der Waals surface area contributed by atoms with Crippen LogP contribution in [0.25, 0.3) is 0 Å². The van der Waals surface area contributed by atoms with Gasteiger partial charge in [0.05, 0.1) is 5.56 Å². The summed E-state index contributed by atoms with van der Waals surface area (Å²) < 4.78 is 36.2. The Kier molecular flexibility index (Phi) is 3.06. The van der Waals surface area contributed by atoms with Crippen molar-refractivity contribution in [2.24, 2.45) is 0 Å². The van der Waals surface area contributed by atoms with Crippen molar-refractivity contribution in [3.8, 4) is 0 Å². The van der Waals surface area contributed by atoms with E-state index in [2.05, 4.69) is 14.8 Å². The second-order valence-electron chi connectivity index (χ2n) is 2.10. The molecule has 0 spiro atoms. The van der Waals surface area contributed by atoms with Crippen LogP contribution in [0.2, 0.25) is 0 Å². The van der Waals surface area contributed by atoms with Crippen molar-refractivity contribution in [2.75, 3.05) is 0 Å². The molecule has 0 N–H and O–H groups in total. The fourth-order valence-electron chi connectivity index (χ4n) is 0.720. The molecule has 1 aromatic rings. The molecule has 1 rings (SSSR count). The third-order valence-corrected chi connectivity index (χ3v) is 2.80. The zero-order chi connectivity index (χ0) is 9.19. The summed E-state index contributed by atoms with van der Waals surface area (Å²) >= 11 is 3.01. The molecule has 0 nitrogen and oxygen atoms in total. The van der Waals surface area contributed by atoms with E-state index in [1.807, 2.05) is 0 Å². The zero-order valence-electron chi connectivity index (χ0n) is 5.73. The molecule has 0 amide bonds. The van der Waals surface area contributed by atoms with Crippen LogP contribution < -0.4 is 0 Å². The Morgan fingerprint density at radius 1 is 1.25 bits per heavy atom. The molecule has 0 saturated carbocycles. The van der Waals surface area contributed by atoms with Gasteiger partial charge in [0, 0.05) is 4.90 Å². The highest BCUT2D eigenvalue weighted by Gasteiger charge is 2.30. The molecule has 0 heterocycles. The summed E-state index contributed by atoms with van der Waals surface area (Å²) in [6, 6.07) is 5.13. The Morgan fingerprint density at radius 2 is 1.92 bits per heavy atom.